The van der Waals surface area contributed by atoms with Crippen molar-refractivity contribution in [2.75, 3.05) is 6.61 Å². The predicted octanol–water partition coefficient (Wildman–Crippen LogP) is 2.14. The zero-order valence-corrected chi connectivity index (χ0v) is 12.5. The summed E-state index contributed by atoms with van der Waals surface area (Å²) < 4.78 is 11.3. The van der Waals surface area contributed by atoms with Crippen LogP contribution in [0, 0.1) is 43.6 Å². The number of hydrogen-bond acceptors (Lipinski definition) is 2. The fraction of sp³-hybridized carbons (Fsp3) is 0.900. The van der Waals surface area contributed by atoms with Gasteiger partial charge < -0.3 is 9.47 Å². The zero-order chi connectivity index (χ0) is 8.60. The van der Waals surface area contributed by atoms with Crippen LogP contribution in [0.15, 0.2) is 0 Å². The molecule has 0 aromatic heterocycles. The van der Waals surface area contributed by atoms with Gasteiger partial charge in [0.2, 0.25) is 0 Å². The fourth-order valence-electron chi connectivity index (χ4n) is 2.40. The summed E-state index contributed by atoms with van der Waals surface area (Å²) in [6.45, 7) is 7.11. The van der Waals surface area contributed by atoms with E-state index in [-0.39, 0.29) is 42.8 Å². The molecule has 0 spiro atoms. The van der Waals surface area contributed by atoms with Crippen LogP contribution in [0.4, 0.5) is 0 Å². The quantitative estimate of drug-likeness (QED) is 0.668. The molecule has 3 atom stereocenters. The minimum atomic E-state index is 0. The van der Waals surface area contributed by atoms with Crippen LogP contribution in [-0.4, -0.2) is 18.3 Å². The van der Waals surface area contributed by atoms with Crippen LogP contribution in [0.25, 0.3) is 0 Å². The first-order chi connectivity index (χ1) is 5.82. The second-order valence-electron chi connectivity index (χ2n) is 3.84. The standard InChI is InChI=1S/C10H17O2.U/c1-3-5-8-9-6-12-10(8,4-2)7-11-9;/h6,8-9H,3-5,7H2,1-2H3;/q-1;/t8-,9-,10-;/m0./s1. The van der Waals surface area contributed by atoms with Crippen molar-refractivity contribution in [3.63, 3.8) is 0 Å². The largest absolute Gasteiger partial charge is 0.543 e. The fourth-order valence-corrected chi connectivity index (χ4v) is 2.40. The Balaban J connectivity index is 0.000000845. The Kier molecular flexibility index (Phi) is 4.32. The number of hydrogen-bond donors (Lipinski definition) is 0. The van der Waals surface area contributed by atoms with Crippen molar-refractivity contribution in [1.29, 1.82) is 0 Å². The molecule has 2 fully saturated rings. The van der Waals surface area contributed by atoms with E-state index >= 15 is 0 Å². The smallest absolute Gasteiger partial charge is 0.0700 e. The molecule has 2 aliphatic rings. The van der Waals surface area contributed by atoms with Crippen molar-refractivity contribution >= 4 is 0 Å². The molecule has 2 bridgehead atoms. The molecule has 0 saturated carbocycles. The topological polar surface area (TPSA) is 18.5 Å². The minimum Gasteiger partial charge on any atom is -0.543 e. The molecular formula is C10H17O2U-. The van der Waals surface area contributed by atoms with Gasteiger partial charge in [0.1, 0.15) is 0 Å². The van der Waals surface area contributed by atoms with Gasteiger partial charge in [-0.25, -0.2) is 0 Å². The normalized spacial score (nSPS) is 42.0. The van der Waals surface area contributed by atoms with Crippen LogP contribution in [0.1, 0.15) is 33.1 Å². The molecule has 0 aliphatic carbocycles. The summed E-state index contributed by atoms with van der Waals surface area (Å²) in [5.74, 6) is 0.618. The molecule has 2 nitrogen and oxygen atoms in total. The number of rotatable bonds is 3. The van der Waals surface area contributed by atoms with E-state index in [1.54, 1.807) is 0 Å². The van der Waals surface area contributed by atoms with Crippen molar-refractivity contribution in [3.05, 3.63) is 6.61 Å². The van der Waals surface area contributed by atoms with Crippen molar-refractivity contribution < 1.29 is 40.6 Å². The van der Waals surface area contributed by atoms with Crippen LogP contribution < -0.4 is 0 Å². The first-order valence-corrected chi connectivity index (χ1v) is 4.95. The molecule has 2 aliphatic heterocycles. The van der Waals surface area contributed by atoms with Crippen molar-refractivity contribution in [3.8, 4) is 0 Å². The van der Waals surface area contributed by atoms with E-state index in [4.69, 9.17) is 9.47 Å². The van der Waals surface area contributed by atoms with E-state index in [2.05, 4.69) is 13.8 Å². The maximum absolute atomic E-state index is 5.70. The summed E-state index contributed by atoms with van der Waals surface area (Å²) in [4.78, 5) is 0. The van der Waals surface area contributed by atoms with Crippen LogP contribution in [0.5, 0.6) is 0 Å². The molecule has 13 heavy (non-hydrogen) atoms. The Hall–Kier alpha value is 0.972. The van der Waals surface area contributed by atoms with Gasteiger partial charge in [0.05, 0.1) is 12.2 Å². The summed E-state index contributed by atoms with van der Waals surface area (Å²) in [5.41, 5.74) is 0.0423. The molecule has 2 heterocycles. The van der Waals surface area contributed by atoms with Gasteiger partial charge in [-0.05, 0) is 24.9 Å². The SMILES string of the molecule is CCC[C@H]1[C@@H]2[CH-]O[C@@]1(CC)CO2.[U]. The monoisotopic (exact) mass is 407 g/mol. The molecule has 0 aromatic rings. The van der Waals surface area contributed by atoms with E-state index in [0.717, 1.165) is 13.0 Å². The van der Waals surface area contributed by atoms with Crippen molar-refractivity contribution in [1.82, 2.24) is 0 Å². The summed E-state index contributed by atoms with van der Waals surface area (Å²) in [6, 6.07) is 0. The van der Waals surface area contributed by atoms with Crippen LogP contribution in [0.2, 0.25) is 0 Å². The molecule has 0 N–H and O–H groups in total. The molecule has 0 aromatic carbocycles. The molecule has 2 rings (SSSR count). The van der Waals surface area contributed by atoms with E-state index in [0.29, 0.717) is 5.92 Å². The summed E-state index contributed by atoms with van der Waals surface area (Å²) in [5, 5.41) is 0. The maximum Gasteiger partial charge on any atom is 0.0700 e. The average Bonchev–Trinajstić information content (AvgIpc) is 2.62. The third-order valence-electron chi connectivity index (χ3n) is 3.23. The van der Waals surface area contributed by atoms with Gasteiger partial charge in [-0.3, -0.25) is 0 Å². The number of fused-ring (bicyclic) bond motifs is 2. The summed E-state index contributed by atoms with van der Waals surface area (Å²) in [6.07, 6.45) is 3.81. The van der Waals surface area contributed by atoms with Gasteiger partial charge in [-0.1, -0.05) is 20.3 Å². The molecule has 2 saturated heterocycles. The second-order valence-corrected chi connectivity index (χ2v) is 3.84. The van der Waals surface area contributed by atoms with Gasteiger partial charge in [-0.15, -0.1) is 0 Å². The Morgan fingerprint density at radius 1 is 1.46 bits per heavy atom. The molecular weight excluding hydrogens is 390 g/mol. The van der Waals surface area contributed by atoms with E-state index in [1.807, 2.05) is 6.61 Å². The Labute approximate surface area is 104 Å². The molecule has 0 unspecified atom stereocenters. The first kappa shape index (κ1) is 12.0. The van der Waals surface area contributed by atoms with Crippen molar-refractivity contribution in [2.24, 2.45) is 5.92 Å². The minimum absolute atomic E-state index is 0. The second kappa shape index (κ2) is 4.66. The maximum atomic E-state index is 5.70. The van der Waals surface area contributed by atoms with Crippen LogP contribution >= 0.6 is 0 Å². The van der Waals surface area contributed by atoms with E-state index in [9.17, 15) is 0 Å². The van der Waals surface area contributed by atoms with E-state index in [1.165, 1.54) is 12.8 Å². The molecule has 0 radical (unpaired) electrons. The summed E-state index contributed by atoms with van der Waals surface area (Å²) >= 11 is 0. The Bertz CT molecular complexity index is 164. The zero-order valence-electron chi connectivity index (χ0n) is 8.38. The van der Waals surface area contributed by atoms with Gasteiger partial charge in [0.25, 0.3) is 0 Å². The van der Waals surface area contributed by atoms with Gasteiger partial charge in [-0.2, -0.15) is 6.61 Å². The van der Waals surface area contributed by atoms with E-state index < -0.39 is 0 Å². The summed E-state index contributed by atoms with van der Waals surface area (Å²) in [7, 11) is 0. The number of ether oxygens (including phenoxy) is 2. The first-order valence-electron chi connectivity index (χ1n) is 4.95. The Morgan fingerprint density at radius 3 is 2.69 bits per heavy atom. The predicted molar refractivity (Wildman–Crippen MR) is 46.5 cm³/mol. The van der Waals surface area contributed by atoms with Crippen LogP contribution in [0.3, 0.4) is 0 Å². The van der Waals surface area contributed by atoms with Gasteiger partial charge in [0, 0.05) is 31.1 Å². The molecule has 0 amide bonds. The average molecular weight is 407 g/mol. The molecule has 74 valence electrons. The van der Waals surface area contributed by atoms with Gasteiger partial charge >= 0.3 is 0 Å². The van der Waals surface area contributed by atoms with Gasteiger partial charge in [0.15, 0.2) is 0 Å². The molecule has 3 heteroatoms. The third kappa shape index (κ3) is 1.86. The Morgan fingerprint density at radius 2 is 2.23 bits per heavy atom. The van der Waals surface area contributed by atoms with Crippen molar-refractivity contribution in [2.45, 2.75) is 44.8 Å². The third-order valence-corrected chi connectivity index (χ3v) is 3.23. The van der Waals surface area contributed by atoms with Crippen LogP contribution in [-0.2, 0) is 9.47 Å².